The summed E-state index contributed by atoms with van der Waals surface area (Å²) < 4.78 is 0. The van der Waals surface area contributed by atoms with E-state index in [4.69, 9.17) is 0 Å². The molecule has 4 aromatic rings. The Kier molecular flexibility index (Phi) is 8.06. The fourth-order valence-electron chi connectivity index (χ4n) is 5.77. The minimum absolute atomic E-state index is 0.219. The summed E-state index contributed by atoms with van der Waals surface area (Å²) in [5, 5.41) is 20.4. The molecule has 1 aliphatic rings. The lowest BCUT2D eigenvalue weighted by Gasteiger charge is -2.29. The van der Waals surface area contributed by atoms with Gasteiger partial charge in [-0.1, -0.05) is 80.3 Å². The number of aryl methyl sites for hydroxylation is 2. The minimum atomic E-state index is -1.33. The fraction of sp³-hybridized carbons (Fsp3) is 0.265. The zero-order chi connectivity index (χ0) is 29.0. The van der Waals surface area contributed by atoms with Crippen LogP contribution in [0, 0.1) is 13.8 Å². The predicted molar refractivity (Wildman–Crippen MR) is 163 cm³/mol. The number of hydrogen-bond donors (Lipinski definition) is 4. The number of rotatable bonds is 6. The van der Waals surface area contributed by atoms with Crippen molar-refractivity contribution in [2.45, 2.75) is 57.9 Å². The van der Waals surface area contributed by atoms with Crippen LogP contribution in [0.5, 0.6) is 0 Å². The number of aliphatic carboxylic acids is 1. The number of fused-ring (bicyclic) bond motifs is 1. The van der Waals surface area contributed by atoms with Gasteiger partial charge in [-0.15, -0.1) is 0 Å². The Balaban J connectivity index is 1.43. The Labute approximate surface area is 240 Å². The molecule has 4 N–H and O–H groups in total. The van der Waals surface area contributed by atoms with Crippen molar-refractivity contribution in [3.8, 4) is 11.1 Å². The average Bonchev–Trinajstić information content (AvgIpc) is 3.21. The van der Waals surface area contributed by atoms with E-state index >= 15 is 0 Å². The summed E-state index contributed by atoms with van der Waals surface area (Å²) >= 11 is 0. The summed E-state index contributed by atoms with van der Waals surface area (Å²) in [6, 6.07) is 24.6. The number of amides is 3. The molecule has 1 saturated carbocycles. The second kappa shape index (κ2) is 11.8. The third-order valence-electron chi connectivity index (χ3n) is 7.98. The summed E-state index contributed by atoms with van der Waals surface area (Å²) in [6.07, 6.45) is 4.11. The van der Waals surface area contributed by atoms with Crippen molar-refractivity contribution < 1.29 is 19.5 Å². The van der Waals surface area contributed by atoms with Gasteiger partial charge in [0.25, 0.3) is 5.91 Å². The minimum Gasteiger partial charge on any atom is -0.480 e. The topological polar surface area (TPSA) is 108 Å². The van der Waals surface area contributed by atoms with Crippen molar-refractivity contribution in [3.63, 3.8) is 0 Å². The molecule has 7 nitrogen and oxygen atoms in total. The van der Waals surface area contributed by atoms with Gasteiger partial charge in [-0.2, -0.15) is 0 Å². The number of hydrogen-bond acceptors (Lipinski definition) is 3. The van der Waals surface area contributed by atoms with Crippen LogP contribution in [-0.2, 0) is 4.79 Å². The quantitative estimate of drug-likeness (QED) is 0.185. The molecular formula is C34H35N3O4. The maximum absolute atomic E-state index is 13.7. The molecule has 1 fully saturated rings. The number of nitrogens with one attached hydrogen (secondary N) is 3. The molecule has 0 aliphatic heterocycles. The van der Waals surface area contributed by atoms with Crippen LogP contribution in [0.4, 0.5) is 16.2 Å². The normalized spacial score (nSPS) is 14.6. The van der Waals surface area contributed by atoms with Gasteiger partial charge in [0.2, 0.25) is 0 Å². The molecule has 0 saturated heterocycles. The highest BCUT2D eigenvalue weighted by Gasteiger charge is 2.40. The molecule has 0 spiro atoms. The predicted octanol–water partition coefficient (Wildman–Crippen LogP) is 7.68. The molecule has 41 heavy (non-hydrogen) atoms. The SMILES string of the molecule is Cc1cc(-c2ccccc2)cc(C)c1NC(=O)Nc1cc2ccccc2cc1C(=O)NC1(C(=O)O)CCCCCC1. The van der Waals surface area contributed by atoms with Gasteiger partial charge in [-0.25, -0.2) is 9.59 Å². The van der Waals surface area contributed by atoms with E-state index < -0.39 is 23.4 Å². The van der Waals surface area contributed by atoms with Crippen LogP contribution in [0.1, 0.15) is 60.0 Å². The lowest BCUT2D eigenvalue weighted by molar-refractivity contribution is -0.145. The van der Waals surface area contributed by atoms with Crippen molar-refractivity contribution in [2.24, 2.45) is 0 Å². The Morgan fingerprint density at radius 2 is 1.29 bits per heavy atom. The van der Waals surface area contributed by atoms with Crippen molar-refractivity contribution in [1.82, 2.24) is 5.32 Å². The molecule has 4 aromatic carbocycles. The van der Waals surface area contributed by atoms with E-state index in [1.54, 1.807) is 12.1 Å². The first-order chi connectivity index (χ1) is 19.8. The van der Waals surface area contributed by atoms with E-state index in [1.807, 2.05) is 80.6 Å². The molecule has 0 aromatic heterocycles. The zero-order valence-electron chi connectivity index (χ0n) is 23.4. The maximum Gasteiger partial charge on any atom is 0.329 e. The first-order valence-electron chi connectivity index (χ1n) is 14.1. The molecule has 0 radical (unpaired) electrons. The Morgan fingerprint density at radius 3 is 1.90 bits per heavy atom. The second-order valence-electron chi connectivity index (χ2n) is 10.9. The molecule has 0 unspecified atom stereocenters. The average molecular weight is 550 g/mol. The van der Waals surface area contributed by atoms with Crippen molar-refractivity contribution in [1.29, 1.82) is 0 Å². The van der Waals surface area contributed by atoms with Crippen LogP contribution in [0.2, 0.25) is 0 Å². The van der Waals surface area contributed by atoms with E-state index in [9.17, 15) is 19.5 Å². The first kappa shape index (κ1) is 27.9. The van der Waals surface area contributed by atoms with Crippen LogP contribution in [-0.4, -0.2) is 28.6 Å². The van der Waals surface area contributed by atoms with Crippen LogP contribution < -0.4 is 16.0 Å². The van der Waals surface area contributed by atoms with Crippen molar-refractivity contribution >= 4 is 40.1 Å². The third kappa shape index (κ3) is 6.09. The molecule has 0 atom stereocenters. The number of carboxylic acids is 1. The number of carbonyl (C=O) groups excluding carboxylic acids is 2. The largest absolute Gasteiger partial charge is 0.480 e. The first-order valence-corrected chi connectivity index (χ1v) is 14.1. The van der Waals surface area contributed by atoms with Gasteiger partial charge in [0, 0.05) is 5.69 Å². The number of benzene rings is 4. The Morgan fingerprint density at radius 1 is 0.707 bits per heavy atom. The molecular weight excluding hydrogens is 514 g/mol. The van der Waals surface area contributed by atoms with Gasteiger partial charge in [-0.05, 0) is 84.0 Å². The summed E-state index contributed by atoms with van der Waals surface area (Å²) in [5.41, 5.74) is 3.87. The third-order valence-corrected chi connectivity index (χ3v) is 7.98. The van der Waals surface area contributed by atoms with Crippen molar-refractivity contribution in [3.05, 3.63) is 95.6 Å². The number of urea groups is 1. The summed E-state index contributed by atoms with van der Waals surface area (Å²) in [7, 11) is 0. The van der Waals surface area contributed by atoms with Crippen LogP contribution in [0.15, 0.2) is 78.9 Å². The summed E-state index contributed by atoms with van der Waals surface area (Å²) in [6.45, 7) is 3.89. The lowest BCUT2D eigenvalue weighted by atomic mass is 9.89. The van der Waals surface area contributed by atoms with Crippen LogP contribution in [0.3, 0.4) is 0 Å². The molecule has 210 valence electrons. The molecule has 5 rings (SSSR count). The van der Waals surface area contributed by atoms with E-state index in [0.717, 1.165) is 58.7 Å². The fourth-order valence-corrected chi connectivity index (χ4v) is 5.77. The zero-order valence-corrected chi connectivity index (χ0v) is 23.4. The lowest BCUT2D eigenvalue weighted by Crippen LogP contribution is -2.54. The molecule has 7 heteroatoms. The van der Waals surface area contributed by atoms with Gasteiger partial charge in [0.15, 0.2) is 0 Å². The van der Waals surface area contributed by atoms with Gasteiger partial charge < -0.3 is 21.1 Å². The summed E-state index contributed by atoms with van der Waals surface area (Å²) in [4.78, 5) is 39.3. The van der Waals surface area contributed by atoms with E-state index in [0.29, 0.717) is 24.2 Å². The van der Waals surface area contributed by atoms with Gasteiger partial charge in [-0.3, -0.25) is 4.79 Å². The monoisotopic (exact) mass is 549 g/mol. The summed E-state index contributed by atoms with van der Waals surface area (Å²) in [5.74, 6) is -1.54. The Hall–Kier alpha value is -4.65. The van der Waals surface area contributed by atoms with Gasteiger partial charge in [0.05, 0.1) is 11.3 Å². The molecule has 0 heterocycles. The van der Waals surface area contributed by atoms with Gasteiger partial charge in [0.1, 0.15) is 5.54 Å². The molecule has 3 amide bonds. The van der Waals surface area contributed by atoms with E-state index in [-0.39, 0.29) is 5.56 Å². The van der Waals surface area contributed by atoms with E-state index in [1.165, 1.54) is 0 Å². The Bertz CT molecular complexity index is 1580. The number of carbonyl (C=O) groups is 3. The maximum atomic E-state index is 13.7. The highest BCUT2D eigenvalue weighted by Crippen LogP contribution is 2.31. The smallest absolute Gasteiger partial charge is 0.329 e. The highest BCUT2D eigenvalue weighted by molar-refractivity contribution is 6.10. The second-order valence-corrected chi connectivity index (χ2v) is 10.9. The number of carboxylic acid groups (broad SMARTS) is 1. The standard InChI is InChI=1S/C34H35N3O4/c1-22-18-27(24-12-6-5-7-13-24)19-23(2)30(22)36-33(41)35-29-21-26-15-9-8-14-25(26)20-28(29)31(38)37-34(32(39)40)16-10-3-4-11-17-34/h5-9,12-15,18-21H,3-4,10-11,16-17H2,1-2H3,(H,37,38)(H,39,40)(H2,35,36,41). The van der Waals surface area contributed by atoms with Crippen LogP contribution in [0.25, 0.3) is 21.9 Å². The highest BCUT2D eigenvalue weighted by atomic mass is 16.4. The van der Waals surface area contributed by atoms with E-state index in [2.05, 4.69) is 16.0 Å². The number of anilines is 2. The molecule has 1 aliphatic carbocycles. The molecule has 0 bridgehead atoms. The van der Waals surface area contributed by atoms with Gasteiger partial charge >= 0.3 is 12.0 Å². The van der Waals surface area contributed by atoms with Crippen LogP contribution >= 0.6 is 0 Å². The van der Waals surface area contributed by atoms with Crippen molar-refractivity contribution in [2.75, 3.05) is 10.6 Å².